The summed E-state index contributed by atoms with van der Waals surface area (Å²) in [4.78, 5) is 28.3. The third-order valence-corrected chi connectivity index (χ3v) is 18.8. The van der Waals surface area contributed by atoms with E-state index in [4.69, 9.17) is 9.98 Å². The van der Waals surface area contributed by atoms with Crippen molar-refractivity contribution < 1.29 is 20.4 Å². The van der Waals surface area contributed by atoms with Gasteiger partial charge in [-0.25, -0.2) is 0 Å². The molecule has 0 amide bonds. The Labute approximate surface area is 452 Å². The zero-order chi connectivity index (χ0) is 53.3. The highest BCUT2D eigenvalue weighted by atomic mass is 16.3. The van der Waals surface area contributed by atoms with Gasteiger partial charge in [-0.1, -0.05) is 55.4 Å². The highest BCUT2D eigenvalue weighted by Crippen LogP contribution is 2.55. The minimum atomic E-state index is -0.0808. The number of hydrogen-bond donors (Lipinski definition) is 4. The predicted octanol–water partition coefficient (Wildman–Crippen LogP) is 11.0. The summed E-state index contributed by atoms with van der Waals surface area (Å²) in [7, 11) is 0. The fourth-order valence-electron chi connectivity index (χ4n) is 14.2. The fraction of sp³-hybridized carbons (Fsp3) is 0.562. The van der Waals surface area contributed by atoms with Crippen LogP contribution in [0.25, 0.3) is 0 Å². The van der Waals surface area contributed by atoms with Crippen LogP contribution in [0.4, 0.5) is 22.7 Å². The van der Waals surface area contributed by atoms with Crippen molar-refractivity contribution in [2.75, 3.05) is 98.1 Å². The molecule has 8 aliphatic heterocycles. The lowest BCUT2D eigenvalue weighted by Gasteiger charge is -2.48. The highest BCUT2D eigenvalue weighted by molar-refractivity contribution is 5.91. The van der Waals surface area contributed by atoms with Crippen LogP contribution in [-0.4, -0.2) is 124 Å². The van der Waals surface area contributed by atoms with E-state index in [2.05, 4.69) is 109 Å². The Kier molecular flexibility index (Phi) is 13.7. The molecule has 4 aromatic carbocycles. The molecule has 8 aliphatic rings. The van der Waals surface area contributed by atoms with E-state index in [9.17, 15) is 20.4 Å². The maximum absolute atomic E-state index is 11.5. The number of benzene rings is 4. The summed E-state index contributed by atoms with van der Waals surface area (Å²) >= 11 is 0. The minimum Gasteiger partial charge on any atom is -0.507 e. The first kappa shape index (κ1) is 52.0. The number of anilines is 4. The average molecular weight is 1030 g/mol. The van der Waals surface area contributed by atoms with Gasteiger partial charge in [0.1, 0.15) is 23.0 Å². The third-order valence-electron chi connectivity index (χ3n) is 18.8. The van der Waals surface area contributed by atoms with Gasteiger partial charge in [0, 0.05) is 144 Å². The largest absolute Gasteiger partial charge is 0.507 e. The van der Waals surface area contributed by atoms with Crippen molar-refractivity contribution in [1.82, 2.24) is 0 Å². The molecular formula is C64H84N8O4. The summed E-state index contributed by atoms with van der Waals surface area (Å²) in [5, 5.41) is 44.7. The van der Waals surface area contributed by atoms with Gasteiger partial charge >= 0.3 is 0 Å². The zero-order valence-corrected chi connectivity index (χ0v) is 47.0. The molecule has 0 saturated heterocycles. The molecule has 0 radical (unpaired) electrons. The van der Waals surface area contributed by atoms with Crippen LogP contribution < -0.4 is 19.6 Å². The predicted molar refractivity (Wildman–Crippen MR) is 315 cm³/mol. The van der Waals surface area contributed by atoms with Gasteiger partial charge in [-0.2, -0.15) is 0 Å². The maximum atomic E-state index is 11.5. The Hall–Kier alpha value is -6.04. The minimum absolute atomic E-state index is 0.0605. The van der Waals surface area contributed by atoms with Crippen molar-refractivity contribution in [3.05, 3.63) is 91.0 Å². The first-order valence-electron chi connectivity index (χ1n) is 28.9. The Balaban J connectivity index is 0.000000166. The fourth-order valence-corrected chi connectivity index (χ4v) is 14.2. The molecule has 12 nitrogen and oxygen atoms in total. The van der Waals surface area contributed by atoms with Crippen LogP contribution in [0.3, 0.4) is 0 Å². The molecule has 0 unspecified atom stereocenters. The number of phenolic OH excluding ortho intramolecular Hbond substituents is 4. The van der Waals surface area contributed by atoms with Gasteiger partial charge in [0.15, 0.2) is 0 Å². The van der Waals surface area contributed by atoms with Gasteiger partial charge in [-0.05, 0) is 145 Å². The molecular weight excluding hydrogens is 945 g/mol. The Morgan fingerprint density at radius 3 is 1.04 bits per heavy atom. The molecule has 0 fully saturated rings. The van der Waals surface area contributed by atoms with E-state index in [1.807, 2.05) is 24.9 Å². The Morgan fingerprint density at radius 1 is 0.382 bits per heavy atom. The molecule has 8 heterocycles. The van der Waals surface area contributed by atoms with Gasteiger partial charge in [0.2, 0.25) is 0 Å². The van der Waals surface area contributed by atoms with E-state index in [1.165, 1.54) is 57.8 Å². The molecule has 0 saturated carbocycles. The van der Waals surface area contributed by atoms with E-state index in [0.717, 1.165) is 161 Å². The van der Waals surface area contributed by atoms with Crippen molar-refractivity contribution in [3.63, 3.8) is 0 Å². The molecule has 0 atom stereocenters. The lowest BCUT2D eigenvalue weighted by Crippen LogP contribution is -2.44. The van der Waals surface area contributed by atoms with Crippen LogP contribution in [0.1, 0.15) is 174 Å². The second-order valence-corrected chi connectivity index (χ2v) is 25.8. The SMILES string of the molecule is CC1(C)CCN2CCC(C)(C)c3c(O)c(C=NCCN=Cc4cc5c6c(c4O)C(C)(C)CCN6CCC5(C)C)cc1c32.Oc1c(C=NCCN=Cc2cc3c4c(c2O)CCCN4CCC3)cc2c3c1CCCN3CCC2. The third kappa shape index (κ3) is 9.41. The van der Waals surface area contributed by atoms with Crippen molar-refractivity contribution in [3.8, 4) is 23.0 Å². The summed E-state index contributed by atoms with van der Waals surface area (Å²) in [5.41, 5.74) is 18.0. The van der Waals surface area contributed by atoms with Crippen molar-refractivity contribution in [2.24, 2.45) is 20.0 Å². The molecule has 12 heteroatoms. The maximum Gasteiger partial charge on any atom is 0.130 e. The zero-order valence-electron chi connectivity index (χ0n) is 47.0. The van der Waals surface area contributed by atoms with Gasteiger partial charge in [0.25, 0.3) is 0 Å². The average Bonchev–Trinajstić information content (AvgIpc) is 3.42. The van der Waals surface area contributed by atoms with Gasteiger partial charge in [-0.15, -0.1) is 0 Å². The number of nitrogens with zero attached hydrogens (tertiary/aromatic N) is 8. The summed E-state index contributed by atoms with van der Waals surface area (Å²) in [5.74, 6) is 1.56. The summed E-state index contributed by atoms with van der Waals surface area (Å²) in [6, 6.07) is 8.58. The normalized spacial score (nSPS) is 21.2. The molecule has 12 rings (SSSR count). The lowest BCUT2D eigenvalue weighted by atomic mass is 9.69. The summed E-state index contributed by atoms with van der Waals surface area (Å²) in [6.07, 6.45) is 20.2. The van der Waals surface area contributed by atoms with Crippen molar-refractivity contribution in [1.29, 1.82) is 0 Å². The van der Waals surface area contributed by atoms with Crippen LogP contribution >= 0.6 is 0 Å². The molecule has 4 aromatic rings. The van der Waals surface area contributed by atoms with E-state index in [-0.39, 0.29) is 21.7 Å². The second kappa shape index (κ2) is 20.1. The number of aromatic hydroxyl groups is 4. The van der Waals surface area contributed by atoms with Crippen LogP contribution in [0.5, 0.6) is 23.0 Å². The Morgan fingerprint density at radius 2 is 0.684 bits per heavy atom. The summed E-state index contributed by atoms with van der Waals surface area (Å²) in [6.45, 7) is 29.0. The molecule has 0 spiro atoms. The number of phenols is 4. The molecule has 0 aliphatic carbocycles. The monoisotopic (exact) mass is 1030 g/mol. The standard InChI is InChI=1S/C36H50N4O2.C28H34N4O2/c1-33(2)9-15-39-17-11-35(5,6)27-29(39)25(33)19-23(31(27)41)21-37-13-14-38-22-24-20-26-30-28(32(24)42)36(7,8)12-18-40(30)16-10-34(26,3)4;33-27-21(15-19-5-1-11-31-13-3-7-23(27)25(19)31)17-29-9-10-30-18-22-16-20-6-2-12-32-14-4-8-24(26(20)32)28(22)34/h19-22,41-42H,9-18H2,1-8H3;15-18,33-34H,1-14H2. The van der Waals surface area contributed by atoms with Crippen LogP contribution in [0.2, 0.25) is 0 Å². The topological polar surface area (TPSA) is 143 Å². The van der Waals surface area contributed by atoms with Crippen LogP contribution in [0, 0.1) is 0 Å². The number of hydrogen-bond acceptors (Lipinski definition) is 12. The number of aryl methyl sites for hydroxylation is 2. The second-order valence-electron chi connectivity index (χ2n) is 25.8. The molecule has 76 heavy (non-hydrogen) atoms. The first-order chi connectivity index (χ1) is 36.3. The molecule has 4 N–H and O–H groups in total. The van der Waals surface area contributed by atoms with Crippen molar-refractivity contribution >= 4 is 47.6 Å². The van der Waals surface area contributed by atoms with Crippen LogP contribution in [0.15, 0.2) is 44.2 Å². The molecule has 404 valence electrons. The lowest BCUT2D eigenvalue weighted by molar-refractivity contribution is 0.377. The van der Waals surface area contributed by atoms with Crippen molar-refractivity contribution in [2.45, 2.75) is 154 Å². The van der Waals surface area contributed by atoms with Crippen LogP contribution in [-0.2, 0) is 47.3 Å². The van der Waals surface area contributed by atoms with E-state index >= 15 is 0 Å². The number of rotatable bonds is 10. The highest BCUT2D eigenvalue weighted by Gasteiger charge is 2.44. The number of aliphatic imine (C=N–C) groups is 4. The quantitative estimate of drug-likeness (QED) is 0.0908. The summed E-state index contributed by atoms with van der Waals surface area (Å²) < 4.78 is 0. The molecule has 0 bridgehead atoms. The van der Waals surface area contributed by atoms with E-state index < -0.39 is 0 Å². The van der Waals surface area contributed by atoms with Gasteiger partial charge in [-0.3, -0.25) is 20.0 Å². The first-order valence-corrected chi connectivity index (χ1v) is 28.9. The van der Waals surface area contributed by atoms with E-state index in [1.54, 1.807) is 0 Å². The van der Waals surface area contributed by atoms with Gasteiger partial charge < -0.3 is 40.0 Å². The smallest absolute Gasteiger partial charge is 0.130 e. The van der Waals surface area contributed by atoms with Gasteiger partial charge in [0.05, 0.1) is 26.2 Å². The molecule has 0 aromatic heterocycles. The Bertz CT molecular complexity index is 2840. The van der Waals surface area contributed by atoms with E-state index in [0.29, 0.717) is 49.2 Å².